The molecule has 1 heterocycles. The number of aliphatic carboxylic acids is 1. The molecule has 0 saturated heterocycles. The summed E-state index contributed by atoms with van der Waals surface area (Å²) in [7, 11) is 0. The van der Waals surface area contributed by atoms with Gasteiger partial charge in [-0.1, -0.05) is 18.2 Å². The first-order valence-electron chi connectivity index (χ1n) is 6.33. The zero-order valence-corrected chi connectivity index (χ0v) is 9.80. The number of carboxylic acid groups (broad SMARTS) is 1. The zero-order valence-electron chi connectivity index (χ0n) is 9.80. The molecule has 2 aliphatic rings. The number of hydrogen-bond donors (Lipinski definition) is 1. The molecule has 2 atom stereocenters. The molecular formula is C14H17NO2. The second kappa shape index (κ2) is 4.06. The van der Waals surface area contributed by atoms with Crippen LogP contribution in [0.1, 0.15) is 24.8 Å². The van der Waals surface area contributed by atoms with Crippen LogP contribution in [0.4, 0.5) is 5.69 Å². The van der Waals surface area contributed by atoms with Gasteiger partial charge in [-0.2, -0.15) is 0 Å². The summed E-state index contributed by atoms with van der Waals surface area (Å²) >= 11 is 0. The van der Waals surface area contributed by atoms with Gasteiger partial charge in [-0.15, -0.1) is 0 Å². The molecule has 1 fully saturated rings. The summed E-state index contributed by atoms with van der Waals surface area (Å²) < 4.78 is 0. The van der Waals surface area contributed by atoms with E-state index in [1.165, 1.54) is 11.3 Å². The van der Waals surface area contributed by atoms with Crippen LogP contribution in [0, 0.1) is 5.92 Å². The Bertz CT molecular complexity index is 444. The van der Waals surface area contributed by atoms with Gasteiger partial charge in [0.25, 0.3) is 0 Å². The van der Waals surface area contributed by atoms with Crippen LogP contribution in [0.25, 0.3) is 0 Å². The Morgan fingerprint density at radius 2 is 2.12 bits per heavy atom. The summed E-state index contributed by atoms with van der Waals surface area (Å²) in [5.41, 5.74) is 2.73. The maximum atomic E-state index is 11.0. The van der Waals surface area contributed by atoms with Crippen molar-refractivity contribution in [2.24, 2.45) is 5.92 Å². The number of nitrogens with zero attached hydrogens (tertiary/aromatic N) is 1. The van der Waals surface area contributed by atoms with E-state index in [1.54, 1.807) is 0 Å². The van der Waals surface area contributed by atoms with Crippen LogP contribution in [-0.4, -0.2) is 23.7 Å². The van der Waals surface area contributed by atoms with Crippen LogP contribution < -0.4 is 4.90 Å². The third-order valence-corrected chi connectivity index (χ3v) is 4.12. The van der Waals surface area contributed by atoms with E-state index < -0.39 is 5.97 Å². The second-order valence-electron chi connectivity index (χ2n) is 5.07. The Morgan fingerprint density at radius 3 is 2.88 bits per heavy atom. The van der Waals surface area contributed by atoms with Gasteiger partial charge in [-0.3, -0.25) is 4.79 Å². The molecule has 1 aromatic carbocycles. The van der Waals surface area contributed by atoms with Gasteiger partial charge in [0, 0.05) is 18.3 Å². The molecule has 2 unspecified atom stereocenters. The van der Waals surface area contributed by atoms with Crippen LogP contribution in [0.3, 0.4) is 0 Å². The lowest BCUT2D eigenvalue weighted by atomic mass is 10.1. The predicted octanol–water partition coefficient (Wildman–Crippen LogP) is 2.30. The maximum Gasteiger partial charge on any atom is 0.306 e. The molecular weight excluding hydrogens is 214 g/mol. The lowest BCUT2D eigenvalue weighted by molar-refractivity contribution is -0.141. The van der Waals surface area contributed by atoms with Crippen LogP contribution in [0.15, 0.2) is 24.3 Å². The highest BCUT2D eigenvalue weighted by Crippen LogP contribution is 2.36. The highest BCUT2D eigenvalue weighted by Gasteiger charge is 2.35. The molecule has 1 N–H and O–H groups in total. The summed E-state index contributed by atoms with van der Waals surface area (Å²) in [6, 6.07) is 8.92. The number of para-hydroxylation sites is 1. The number of carbonyl (C=O) groups is 1. The Labute approximate surface area is 101 Å². The van der Waals surface area contributed by atoms with E-state index in [-0.39, 0.29) is 5.92 Å². The lowest BCUT2D eigenvalue weighted by Crippen LogP contribution is -2.32. The van der Waals surface area contributed by atoms with Gasteiger partial charge in [-0.25, -0.2) is 0 Å². The van der Waals surface area contributed by atoms with E-state index in [0.29, 0.717) is 6.04 Å². The molecule has 1 aromatic rings. The van der Waals surface area contributed by atoms with E-state index in [4.69, 9.17) is 5.11 Å². The van der Waals surface area contributed by atoms with Crippen LogP contribution in [0.5, 0.6) is 0 Å². The first kappa shape index (κ1) is 10.6. The van der Waals surface area contributed by atoms with Crippen molar-refractivity contribution in [2.75, 3.05) is 11.4 Å². The highest BCUT2D eigenvalue weighted by atomic mass is 16.4. The normalized spacial score (nSPS) is 27.2. The maximum absolute atomic E-state index is 11.0. The van der Waals surface area contributed by atoms with E-state index in [9.17, 15) is 4.79 Å². The van der Waals surface area contributed by atoms with Gasteiger partial charge in [0.15, 0.2) is 0 Å². The monoisotopic (exact) mass is 231 g/mol. The number of hydrogen-bond acceptors (Lipinski definition) is 2. The van der Waals surface area contributed by atoms with E-state index in [0.717, 1.165) is 32.2 Å². The molecule has 0 radical (unpaired) electrons. The minimum absolute atomic E-state index is 0.132. The zero-order chi connectivity index (χ0) is 11.8. The lowest BCUT2D eigenvalue weighted by Gasteiger charge is -2.27. The molecule has 3 heteroatoms. The van der Waals surface area contributed by atoms with Crippen LogP contribution in [0.2, 0.25) is 0 Å². The van der Waals surface area contributed by atoms with Crippen LogP contribution >= 0.6 is 0 Å². The quantitative estimate of drug-likeness (QED) is 0.849. The van der Waals surface area contributed by atoms with Crippen molar-refractivity contribution in [1.29, 1.82) is 0 Å². The fourth-order valence-corrected chi connectivity index (χ4v) is 3.21. The molecule has 3 rings (SSSR count). The van der Waals surface area contributed by atoms with Gasteiger partial charge in [0.1, 0.15) is 0 Å². The summed E-state index contributed by atoms with van der Waals surface area (Å²) in [6.45, 7) is 1.05. The molecule has 17 heavy (non-hydrogen) atoms. The van der Waals surface area contributed by atoms with Crippen molar-refractivity contribution < 1.29 is 9.90 Å². The first-order chi connectivity index (χ1) is 8.25. The van der Waals surface area contributed by atoms with Crippen molar-refractivity contribution in [3.63, 3.8) is 0 Å². The van der Waals surface area contributed by atoms with Crippen molar-refractivity contribution in [3.8, 4) is 0 Å². The SMILES string of the molecule is O=C(O)C1CCC(N2CCc3ccccc32)C1. The molecule has 0 amide bonds. The van der Waals surface area contributed by atoms with Gasteiger partial charge in [0.2, 0.25) is 0 Å². The van der Waals surface area contributed by atoms with Gasteiger partial charge >= 0.3 is 5.97 Å². The minimum Gasteiger partial charge on any atom is -0.481 e. The number of fused-ring (bicyclic) bond motifs is 1. The standard InChI is InChI=1S/C14H17NO2/c16-14(17)11-5-6-12(9-11)15-8-7-10-3-1-2-4-13(10)15/h1-4,11-12H,5-9H2,(H,16,17). The smallest absolute Gasteiger partial charge is 0.306 e. The van der Waals surface area contributed by atoms with E-state index in [2.05, 4.69) is 29.2 Å². The molecule has 0 aromatic heterocycles. The summed E-state index contributed by atoms with van der Waals surface area (Å²) in [5, 5.41) is 9.05. The third kappa shape index (κ3) is 1.79. The number of benzene rings is 1. The Balaban J connectivity index is 1.78. The van der Waals surface area contributed by atoms with Crippen molar-refractivity contribution >= 4 is 11.7 Å². The molecule has 0 bridgehead atoms. The minimum atomic E-state index is -0.625. The molecule has 90 valence electrons. The fraction of sp³-hybridized carbons (Fsp3) is 0.500. The van der Waals surface area contributed by atoms with Gasteiger partial charge in [0.05, 0.1) is 5.92 Å². The van der Waals surface area contributed by atoms with Crippen LogP contribution in [-0.2, 0) is 11.2 Å². The molecule has 1 saturated carbocycles. The van der Waals surface area contributed by atoms with Crippen molar-refractivity contribution in [1.82, 2.24) is 0 Å². The summed E-state index contributed by atoms with van der Waals surface area (Å²) in [4.78, 5) is 13.4. The Morgan fingerprint density at radius 1 is 1.29 bits per heavy atom. The third-order valence-electron chi connectivity index (χ3n) is 4.12. The van der Waals surface area contributed by atoms with Crippen molar-refractivity contribution in [2.45, 2.75) is 31.7 Å². The average molecular weight is 231 g/mol. The topological polar surface area (TPSA) is 40.5 Å². The average Bonchev–Trinajstić information content (AvgIpc) is 2.95. The first-order valence-corrected chi connectivity index (χ1v) is 6.33. The molecule has 1 aliphatic carbocycles. The second-order valence-corrected chi connectivity index (χ2v) is 5.07. The summed E-state index contributed by atoms with van der Waals surface area (Å²) in [6.07, 6.45) is 3.76. The number of carboxylic acids is 1. The van der Waals surface area contributed by atoms with Gasteiger partial charge < -0.3 is 10.0 Å². The highest BCUT2D eigenvalue weighted by molar-refractivity contribution is 5.71. The van der Waals surface area contributed by atoms with Gasteiger partial charge in [-0.05, 0) is 37.3 Å². The van der Waals surface area contributed by atoms with Crippen molar-refractivity contribution in [3.05, 3.63) is 29.8 Å². The fourth-order valence-electron chi connectivity index (χ4n) is 3.21. The summed E-state index contributed by atoms with van der Waals surface area (Å²) in [5.74, 6) is -0.757. The largest absolute Gasteiger partial charge is 0.481 e. The van der Waals surface area contributed by atoms with E-state index >= 15 is 0 Å². The molecule has 0 spiro atoms. The molecule has 3 nitrogen and oxygen atoms in total. The molecule has 1 aliphatic heterocycles. The predicted molar refractivity (Wildman–Crippen MR) is 66.3 cm³/mol. The Hall–Kier alpha value is -1.51. The Kier molecular flexibility index (Phi) is 2.54. The number of rotatable bonds is 2. The number of anilines is 1. The van der Waals surface area contributed by atoms with E-state index in [1.807, 2.05) is 0 Å².